The van der Waals surface area contributed by atoms with Gasteiger partial charge in [0, 0.05) is 23.1 Å². The molecule has 2 aromatic rings. The molecule has 1 radical (unpaired) electrons. The van der Waals surface area contributed by atoms with Gasteiger partial charge in [-0.2, -0.15) is 0 Å². The van der Waals surface area contributed by atoms with Crippen molar-refractivity contribution in [1.82, 2.24) is 0 Å². The SMILES string of the molecule is O=CC(C1=C[CH]C=C1)=C1C=C(c2ccccc2)OC(c2ccccc2)=C1. The molecular weight excluding hydrogens is 320 g/mol. The summed E-state index contributed by atoms with van der Waals surface area (Å²) >= 11 is 0. The lowest BCUT2D eigenvalue weighted by molar-refractivity contribution is -0.104. The highest BCUT2D eigenvalue weighted by atomic mass is 16.5. The van der Waals surface area contributed by atoms with Gasteiger partial charge in [-0.25, -0.2) is 0 Å². The van der Waals surface area contributed by atoms with Crippen LogP contribution in [0.25, 0.3) is 11.5 Å². The molecule has 0 aromatic heterocycles. The van der Waals surface area contributed by atoms with Gasteiger partial charge in [0.25, 0.3) is 0 Å². The largest absolute Gasteiger partial charge is 0.456 e. The maximum atomic E-state index is 11.8. The van der Waals surface area contributed by atoms with Crippen molar-refractivity contribution in [3.8, 4) is 0 Å². The Morgan fingerprint density at radius 1 is 0.808 bits per heavy atom. The van der Waals surface area contributed by atoms with Crippen LogP contribution in [0.2, 0.25) is 0 Å². The van der Waals surface area contributed by atoms with Crippen LogP contribution in [0.4, 0.5) is 0 Å². The van der Waals surface area contributed by atoms with Gasteiger partial charge in [0.05, 0.1) is 0 Å². The minimum atomic E-state index is 0.653. The molecule has 0 spiro atoms. The molecule has 1 heterocycles. The molecule has 4 rings (SSSR count). The summed E-state index contributed by atoms with van der Waals surface area (Å²) in [6, 6.07) is 19.8. The van der Waals surface area contributed by atoms with E-state index in [9.17, 15) is 4.79 Å². The highest BCUT2D eigenvalue weighted by molar-refractivity contribution is 5.89. The van der Waals surface area contributed by atoms with E-state index in [-0.39, 0.29) is 0 Å². The summed E-state index contributed by atoms with van der Waals surface area (Å²) in [5.74, 6) is 1.46. The van der Waals surface area contributed by atoms with Crippen LogP contribution in [-0.2, 0) is 9.53 Å². The zero-order valence-corrected chi connectivity index (χ0v) is 14.1. The van der Waals surface area contributed by atoms with E-state index in [2.05, 4.69) is 0 Å². The first-order chi connectivity index (χ1) is 12.8. The normalized spacial score (nSPS) is 15.7. The smallest absolute Gasteiger partial charge is 0.151 e. The molecule has 0 fully saturated rings. The van der Waals surface area contributed by atoms with E-state index >= 15 is 0 Å². The molecule has 2 nitrogen and oxygen atoms in total. The van der Waals surface area contributed by atoms with Crippen molar-refractivity contribution in [1.29, 1.82) is 0 Å². The van der Waals surface area contributed by atoms with E-state index < -0.39 is 0 Å². The second kappa shape index (κ2) is 7.24. The standard InChI is InChI=1S/C24H17O2/c25-17-22(18-9-7-8-10-18)21-15-23(19-11-3-1-4-12-19)26-24(16-21)20-13-5-2-6-14-20/h1-17H. The lowest BCUT2D eigenvalue weighted by Gasteiger charge is -2.20. The van der Waals surface area contributed by atoms with Crippen LogP contribution in [0, 0.1) is 6.42 Å². The first-order valence-corrected chi connectivity index (χ1v) is 8.49. The fraction of sp³-hybridized carbons (Fsp3) is 0. The molecule has 0 saturated carbocycles. The monoisotopic (exact) mass is 337 g/mol. The number of ether oxygens (including phenoxy) is 1. The van der Waals surface area contributed by atoms with E-state index in [4.69, 9.17) is 4.74 Å². The number of aldehydes is 1. The van der Waals surface area contributed by atoms with Crippen molar-refractivity contribution in [3.63, 3.8) is 0 Å². The van der Waals surface area contributed by atoms with Gasteiger partial charge in [-0.1, -0.05) is 78.9 Å². The molecule has 0 saturated heterocycles. The first-order valence-electron chi connectivity index (χ1n) is 8.49. The minimum Gasteiger partial charge on any atom is -0.456 e. The summed E-state index contributed by atoms with van der Waals surface area (Å²) in [6.07, 6.45) is 12.5. The maximum Gasteiger partial charge on any atom is 0.151 e. The molecule has 26 heavy (non-hydrogen) atoms. The van der Waals surface area contributed by atoms with Crippen molar-refractivity contribution < 1.29 is 9.53 Å². The summed E-state index contributed by atoms with van der Waals surface area (Å²) in [5, 5.41) is 0. The summed E-state index contributed by atoms with van der Waals surface area (Å²) < 4.78 is 6.17. The third kappa shape index (κ3) is 3.22. The van der Waals surface area contributed by atoms with Gasteiger partial charge < -0.3 is 4.74 Å². The van der Waals surface area contributed by atoms with Gasteiger partial charge in [0.1, 0.15) is 11.5 Å². The quantitative estimate of drug-likeness (QED) is 0.559. The maximum absolute atomic E-state index is 11.8. The Labute approximate surface area is 153 Å². The van der Waals surface area contributed by atoms with E-state index in [0.29, 0.717) is 5.57 Å². The molecule has 125 valence electrons. The Bertz CT molecular complexity index is 914. The van der Waals surface area contributed by atoms with Crippen LogP contribution in [0.15, 0.2) is 108 Å². The van der Waals surface area contributed by atoms with Crippen LogP contribution in [0.1, 0.15) is 11.1 Å². The van der Waals surface area contributed by atoms with Crippen LogP contribution in [0.5, 0.6) is 0 Å². The van der Waals surface area contributed by atoms with Gasteiger partial charge >= 0.3 is 0 Å². The summed E-state index contributed by atoms with van der Waals surface area (Å²) in [6.45, 7) is 0. The predicted octanol–water partition coefficient (Wildman–Crippen LogP) is 5.29. The Morgan fingerprint density at radius 2 is 1.38 bits per heavy atom. The predicted molar refractivity (Wildman–Crippen MR) is 105 cm³/mol. The fourth-order valence-electron chi connectivity index (χ4n) is 3.00. The third-order valence-corrected chi connectivity index (χ3v) is 4.31. The van der Waals surface area contributed by atoms with E-state index in [0.717, 1.165) is 40.1 Å². The second-order valence-corrected chi connectivity index (χ2v) is 6.01. The number of hydrogen-bond donors (Lipinski definition) is 0. The Balaban J connectivity index is 1.87. The topological polar surface area (TPSA) is 26.3 Å². The summed E-state index contributed by atoms with van der Waals surface area (Å²) in [4.78, 5) is 11.8. The number of carbonyl (C=O) groups is 1. The molecule has 0 unspecified atom stereocenters. The lowest BCUT2D eigenvalue weighted by atomic mass is 9.97. The molecule has 0 N–H and O–H groups in total. The number of benzene rings is 2. The number of carbonyl (C=O) groups excluding carboxylic acids is 1. The van der Waals surface area contributed by atoms with Gasteiger partial charge in [0.2, 0.25) is 0 Å². The summed E-state index contributed by atoms with van der Waals surface area (Å²) in [7, 11) is 0. The van der Waals surface area contributed by atoms with E-state index in [1.54, 1.807) is 0 Å². The molecule has 2 aliphatic rings. The molecule has 0 bridgehead atoms. The van der Waals surface area contributed by atoms with Gasteiger partial charge in [-0.05, 0) is 23.3 Å². The number of rotatable bonds is 4. The molecular formula is C24H17O2. The van der Waals surface area contributed by atoms with Gasteiger partial charge in [-0.15, -0.1) is 0 Å². The van der Waals surface area contributed by atoms with Gasteiger partial charge in [0.15, 0.2) is 6.29 Å². The van der Waals surface area contributed by atoms with Crippen LogP contribution < -0.4 is 0 Å². The van der Waals surface area contributed by atoms with Crippen LogP contribution >= 0.6 is 0 Å². The average molecular weight is 337 g/mol. The Morgan fingerprint density at radius 3 is 1.85 bits per heavy atom. The molecule has 1 aliphatic heterocycles. The van der Waals surface area contributed by atoms with Crippen LogP contribution in [0.3, 0.4) is 0 Å². The van der Waals surface area contributed by atoms with E-state index in [1.807, 2.05) is 97.5 Å². The number of allylic oxidation sites excluding steroid dienone is 8. The number of hydrogen-bond acceptors (Lipinski definition) is 2. The minimum absolute atomic E-state index is 0.653. The van der Waals surface area contributed by atoms with Gasteiger partial charge in [-0.3, -0.25) is 4.79 Å². The first kappa shape index (κ1) is 16.1. The Kier molecular flexibility index (Phi) is 4.48. The molecule has 0 atom stereocenters. The van der Waals surface area contributed by atoms with E-state index in [1.165, 1.54) is 0 Å². The van der Waals surface area contributed by atoms with Crippen molar-refractivity contribution >= 4 is 17.8 Å². The second-order valence-electron chi connectivity index (χ2n) is 6.01. The zero-order chi connectivity index (χ0) is 17.8. The van der Waals surface area contributed by atoms with Crippen LogP contribution in [-0.4, -0.2) is 6.29 Å². The fourth-order valence-corrected chi connectivity index (χ4v) is 3.00. The van der Waals surface area contributed by atoms with Crippen molar-refractivity contribution in [3.05, 3.63) is 125 Å². The Hall–Kier alpha value is -3.39. The highest BCUT2D eigenvalue weighted by Gasteiger charge is 2.18. The molecule has 2 aromatic carbocycles. The summed E-state index contributed by atoms with van der Waals surface area (Å²) in [5.41, 5.74) is 4.35. The zero-order valence-electron chi connectivity index (χ0n) is 14.1. The average Bonchev–Trinajstić information content (AvgIpc) is 3.24. The molecule has 0 amide bonds. The molecule has 2 heteroatoms. The molecule has 1 aliphatic carbocycles. The van der Waals surface area contributed by atoms with Crippen molar-refractivity contribution in [2.45, 2.75) is 0 Å². The third-order valence-electron chi connectivity index (χ3n) is 4.31. The van der Waals surface area contributed by atoms with Crippen molar-refractivity contribution in [2.24, 2.45) is 0 Å². The lowest BCUT2D eigenvalue weighted by Crippen LogP contribution is -2.02. The highest BCUT2D eigenvalue weighted by Crippen LogP contribution is 2.34. The van der Waals surface area contributed by atoms with Crippen molar-refractivity contribution in [2.75, 3.05) is 0 Å².